The Labute approximate surface area is 113 Å². The fourth-order valence-electron chi connectivity index (χ4n) is 2.77. The number of para-hydroxylation sites is 1. The van der Waals surface area contributed by atoms with Crippen molar-refractivity contribution in [3.8, 4) is 0 Å². The first-order valence-corrected chi connectivity index (χ1v) is 6.68. The van der Waals surface area contributed by atoms with Crippen molar-refractivity contribution in [2.75, 3.05) is 5.32 Å². The standard InChI is InChI=1S/C15H20N2O2/c1-11-6-5-7-12(2)13(11)17-14(19)15(16-10-18)8-3-4-9-15/h5-7,10H,3-4,8-9H2,1-2H3,(H,16,18)(H,17,19). The molecular formula is C15H20N2O2. The molecule has 4 heteroatoms. The maximum absolute atomic E-state index is 12.5. The molecule has 1 aliphatic carbocycles. The predicted octanol–water partition coefficient (Wildman–Crippen LogP) is 2.30. The Morgan fingerprint density at radius 1 is 1.21 bits per heavy atom. The molecule has 0 bridgehead atoms. The molecule has 1 aliphatic rings. The smallest absolute Gasteiger partial charge is 0.250 e. The van der Waals surface area contributed by atoms with Gasteiger partial charge in [-0.25, -0.2) is 0 Å². The summed E-state index contributed by atoms with van der Waals surface area (Å²) in [5, 5.41) is 5.71. The summed E-state index contributed by atoms with van der Waals surface area (Å²) in [6.45, 7) is 3.94. The molecule has 1 fully saturated rings. The quantitative estimate of drug-likeness (QED) is 0.816. The minimum Gasteiger partial charge on any atom is -0.344 e. The number of nitrogens with one attached hydrogen (secondary N) is 2. The molecule has 0 radical (unpaired) electrons. The van der Waals surface area contributed by atoms with Crippen LogP contribution in [0.25, 0.3) is 0 Å². The van der Waals surface area contributed by atoms with Crippen molar-refractivity contribution in [1.82, 2.24) is 5.32 Å². The van der Waals surface area contributed by atoms with Crippen LogP contribution >= 0.6 is 0 Å². The molecule has 0 unspecified atom stereocenters. The van der Waals surface area contributed by atoms with Gasteiger partial charge in [-0.15, -0.1) is 0 Å². The average molecular weight is 260 g/mol. The van der Waals surface area contributed by atoms with E-state index in [1.165, 1.54) is 0 Å². The molecule has 2 N–H and O–H groups in total. The summed E-state index contributed by atoms with van der Waals surface area (Å²) in [5.41, 5.74) is 2.20. The molecule has 0 spiro atoms. The number of rotatable bonds is 4. The zero-order valence-electron chi connectivity index (χ0n) is 11.5. The zero-order chi connectivity index (χ0) is 13.9. The Hall–Kier alpha value is -1.84. The van der Waals surface area contributed by atoms with Gasteiger partial charge in [0.05, 0.1) is 0 Å². The highest BCUT2D eigenvalue weighted by atomic mass is 16.2. The molecule has 19 heavy (non-hydrogen) atoms. The Bertz CT molecular complexity index is 471. The van der Waals surface area contributed by atoms with Gasteiger partial charge in [-0.1, -0.05) is 31.0 Å². The van der Waals surface area contributed by atoms with Crippen molar-refractivity contribution in [3.05, 3.63) is 29.3 Å². The largest absolute Gasteiger partial charge is 0.344 e. The molecule has 4 nitrogen and oxygen atoms in total. The van der Waals surface area contributed by atoms with Gasteiger partial charge in [-0.05, 0) is 37.8 Å². The maximum Gasteiger partial charge on any atom is 0.250 e. The van der Waals surface area contributed by atoms with Crippen molar-refractivity contribution < 1.29 is 9.59 Å². The van der Waals surface area contributed by atoms with Crippen LogP contribution in [-0.4, -0.2) is 17.9 Å². The molecule has 1 aromatic rings. The lowest BCUT2D eigenvalue weighted by atomic mass is 9.96. The molecule has 2 rings (SSSR count). The second-order valence-corrected chi connectivity index (χ2v) is 5.27. The van der Waals surface area contributed by atoms with Crippen molar-refractivity contribution in [2.24, 2.45) is 0 Å². The van der Waals surface area contributed by atoms with E-state index in [4.69, 9.17) is 0 Å². The third-order valence-electron chi connectivity index (χ3n) is 3.95. The molecule has 2 amide bonds. The highest BCUT2D eigenvalue weighted by Crippen LogP contribution is 2.31. The van der Waals surface area contributed by atoms with Crippen molar-refractivity contribution in [3.63, 3.8) is 0 Å². The molecular weight excluding hydrogens is 240 g/mol. The van der Waals surface area contributed by atoms with E-state index in [2.05, 4.69) is 10.6 Å². The lowest BCUT2D eigenvalue weighted by Gasteiger charge is -2.27. The fraction of sp³-hybridized carbons (Fsp3) is 0.467. The number of benzene rings is 1. The van der Waals surface area contributed by atoms with Crippen LogP contribution in [0.3, 0.4) is 0 Å². The normalized spacial score (nSPS) is 16.9. The fourth-order valence-corrected chi connectivity index (χ4v) is 2.77. The van der Waals surface area contributed by atoms with Crippen LogP contribution in [0.1, 0.15) is 36.8 Å². The number of anilines is 1. The first-order chi connectivity index (χ1) is 9.09. The van der Waals surface area contributed by atoms with Crippen LogP contribution < -0.4 is 10.6 Å². The summed E-state index contributed by atoms with van der Waals surface area (Å²) in [6, 6.07) is 5.91. The van der Waals surface area contributed by atoms with Crippen LogP contribution in [-0.2, 0) is 9.59 Å². The molecule has 0 saturated heterocycles. The second-order valence-electron chi connectivity index (χ2n) is 5.27. The summed E-state index contributed by atoms with van der Waals surface area (Å²) >= 11 is 0. The highest BCUT2D eigenvalue weighted by Gasteiger charge is 2.40. The Morgan fingerprint density at radius 2 is 1.79 bits per heavy atom. The van der Waals surface area contributed by atoms with Crippen LogP contribution in [0.2, 0.25) is 0 Å². The minimum absolute atomic E-state index is 0.102. The minimum atomic E-state index is -0.726. The van der Waals surface area contributed by atoms with E-state index >= 15 is 0 Å². The number of carbonyl (C=O) groups is 2. The van der Waals surface area contributed by atoms with Gasteiger partial charge in [0.1, 0.15) is 5.54 Å². The van der Waals surface area contributed by atoms with Gasteiger partial charge in [-0.2, -0.15) is 0 Å². The Kier molecular flexibility index (Phi) is 3.88. The van der Waals surface area contributed by atoms with E-state index in [0.717, 1.165) is 29.7 Å². The van der Waals surface area contributed by atoms with Gasteiger partial charge in [0, 0.05) is 5.69 Å². The van der Waals surface area contributed by atoms with Crippen molar-refractivity contribution in [1.29, 1.82) is 0 Å². The van der Waals surface area contributed by atoms with Crippen LogP contribution in [0.4, 0.5) is 5.69 Å². The van der Waals surface area contributed by atoms with Crippen LogP contribution in [0, 0.1) is 13.8 Å². The van der Waals surface area contributed by atoms with Crippen molar-refractivity contribution >= 4 is 18.0 Å². The first-order valence-electron chi connectivity index (χ1n) is 6.68. The summed E-state index contributed by atoms with van der Waals surface area (Å²) in [5.74, 6) is -0.102. The average Bonchev–Trinajstić information content (AvgIpc) is 2.84. The Morgan fingerprint density at radius 3 is 2.32 bits per heavy atom. The second kappa shape index (κ2) is 5.43. The molecule has 1 saturated carbocycles. The number of amides is 2. The van der Waals surface area contributed by atoms with Gasteiger partial charge >= 0.3 is 0 Å². The summed E-state index contributed by atoms with van der Waals surface area (Å²) < 4.78 is 0. The van der Waals surface area contributed by atoms with E-state index < -0.39 is 5.54 Å². The molecule has 0 atom stereocenters. The topological polar surface area (TPSA) is 58.2 Å². The lowest BCUT2D eigenvalue weighted by molar-refractivity contribution is -0.125. The van der Waals surface area contributed by atoms with Crippen molar-refractivity contribution in [2.45, 2.75) is 45.1 Å². The monoisotopic (exact) mass is 260 g/mol. The number of aryl methyl sites for hydroxylation is 2. The highest BCUT2D eigenvalue weighted by molar-refractivity contribution is 6.00. The van der Waals surface area contributed by atoms with E-state index in [0.29, 0.717) is 19.3 Å². The molecule has 0 aliphatic heterocycles. The van der Waals surface area contributed by atoms with E-state index in [9.17, 15) is 9.59 Å². The summed E-state index contributed by atoms with van der Waals surface area (Å²) in [6.07, 6.45) is 4.00. The van der Waals surface area contributed by atoms with Gasteiger partial charge < -0.3 is 10.6 Å². The number of hydrogen-bond donors (Lipinski definition) is 2. The van der Waals surface area contributed by atoms with E-state index in [1.807, 2.05) is 32.0 Å². The predicted molar refractivity (Wildman–Crippen MR) is 74.9 cm³/mol. The third kappa shape index (κ3) is 2.62. The van der Waals surface area contributed by atoms with Gasteiger partial charge in [-0.3, -0.25) is 9.59 Å². The van der Waals surface area contributed by atoms with Gasteiger partial charge in [0.2, 0.25) is 12.3 Å². The lowest BCUT2D eigenvalue weighted by Crippen LogP contribution is -2.52. The SMILES string of the molecule is Cc1cccc(C)c1NC(=O)C1(NC=O)CCCC1. The van der Waals surface area contributed by atoms with E-state index in [1.54, 1.807) is 0 Å². The zero-order valence-corrected chi connectivity index (χ0v) is 11.5. The van der Waals surface area contributed by atoms with Gasteiger partial charge in [0.25, 0.3) is 0 Å². The molecule has 0 aromatic heterocycles. The molecule has 0 heterocycles. The molecule has 102 valence electrons. The summed E-state index contributed by atoms with van der Waals surface area (Å²) in [7, 11) is 0. The van der Waals surface area contributed by atoms with Crippen LogP contribution in [0.15, 0.2) is 18.2 Å². The summed E-state index contributed by atoms with van der Waals surface area (Å²) in [4.78, 5) is 23.3. The first kappa shape index (κ1) is 13.6. The van der Waals surface area contributed by atoms with Gasteiger partial charge in [0.15, 0.2) is 0 Å². The third-order valence-corrected chi connectivity index (χ3v) is 3.95. The molecule has 1 aromatic carbocycles. The van der Waals surface area contributed by atoms with E-state index in [-0.39, 0.29) is 5.91 Å². The Balaban J connectivity index is 2.22. The van der Waals surface area contributed by atoms with Crippen LogP contribution in [0.5, 0.6) is 0 Å². The number of hydrogen-bond acceptors (Lipinski definition) is 2. The number of carbonyl (C=O) groups excluding carboxylic acids is 2. The maximum atomic E-state index is 12.5.